The van der Waals surface area contributed by atoms with Crippen molar-refractivity contribution in [1.29, 1.82) is 0 Å². The van der Waals surface area contributed by atoms with Crippen LogP contribution in [-0.2, 0) is 9.59 Å². The molecule has 5 nitrogen and oxygen atoms in total. The number of carboxylic acids is 1. The zero-order chi connectivity index (χ0) is 19.4. The second-order valence-electron chi connectivity index (χ2n) is 5.55. The number of hydrogen-bond acceptors (Lipinski definition) is 5. The SMILES string of the molecule is O=C(O)CCOc1ccc(/C=C2/SC(=S)N(c3ccc(F)cc3)C2=O)cc1. The van der Waals surface area contributed by atoms with Crippen LogP contribution in [0.5, 0.6) is 5.75 Å². The molecule has 8 heteroatoms. The normalized spacial score (nSPS) is 15.4. The number of halogens is 1. The molecule has 1 fully saturated rings. The lowest BCUT2D eigenvalue weighted by Gasteiger charge is -2.14. The van der Waals surface area contributed by atoms with Gasteiger partial charge in [-0.1, -0.05) is 36.1 Å². The van der Waals surface area contributed by atoms with Gasteiger partial charge in [-0.2, -0.15) is 0 Å². The Morgan fingerprint density at radius 1 is 1.19 bits per heavy atom. The van der Waals surface area contributed by atoms with Crippen molar-refractivity contribution in [2.75, 3.05) is 11.5 Å². The molecule has 0 atom stereocenters. The van der Waals surface area contributed by atoms with Crippen LogP contribution in [0.25, 0.3) is 6.08 Å². The molecule has 0 unspecified atom stereocenters. The number of amides is 1. The van der Waals surface area contributed by atoms with Crippen molar-refractivity contribution in [2.45, 2.75) is 6.42 Å². The standard InChI is InChI=1S/C19H14FNO4S2/c20-13-3-5-14(6-4-13)21-18(24)16(27-19(21)26)11-12-1-7-15(8-2-12)25-10-9-17(22)23/h1-8,11H,9-10H2,(H,22,23)/b16-11+. The Morgan fingerprint density at radius 2 is 1.85 bits per heavy atom. The highest BCUT2D eigenvalue weighted by Crippen LogP contribution is 2.36. The van der Waals surface area contributed by atoms with E-state index in [0.29, 0.717) is 20.7 Å². The number of thioether (sulfide) groups is 1. The maximum atomic E-state index is 13.1. The summed E-state index contributed by atoms with van der Waals surface area (Å²) in [5.41, 5.74) is 1.30. The Kier molecular flexibility index (Phi) is 5.88. The molecule has 1 saturated heterocycles. The molecule has 27 heavy (non-hydrogen) atoms. The number of aliphatic carboxylic acids is 1. The third-order valence-electron chi connectivity index (χ3n) is 3.64. The van der Waals surface area contributed by atoms with Gasteiger partial charge in [-0.15, -0.1) is 0 Å². The first-order chi connectivity index (χ1) is 12.9. The Hall–Kier alpha value is -2.71. The van der Waals surface area contributed by atoms with Crippen LogP contribution in [0, 0.1) is 5.82 Å². The molecule has 1 aliphatic rings. The summed E-state index contributed by atoms with van der Waals surface area (Å²) < 4.78 is 18.8. The lowest BCUT2D eigenvalue weighted by Crippen LogP contribution is -2.27. The molecule has 3 rings (SSSR count). The Morgan fingerprint density at radius 3 is 2.48 bits per heavy atom. The minimum absolute atomic E-state index is 0.0758. The van der Waals surface area contributed by atoms with Crippen LogP contribution >= 0.6 is 24.0 Å². The van der Waals surface area contributed by atoms with E-state index in [0.717, 1.165) is 5.56 Å². The van der Waals surface area contributed by atoms with Crippen LogP contribution in [0.4, 0.5) is 10.1 Å². The van der Waals surface area contributed by atoms with Crippen LogP contribution < -0.4 is 9.64 Å². The fourth-order valence-corrected chi connectivity index (χ4v) is 3.65. The highest BCUT2D eigenvalue weighted by molar-refractivity contribution is 8.27. The van der Waals surface area contributed by atoms with E-state index in [2.05, 4.69) is 0 Å². The summed E-state index contributed by atoms with van der Waals surface area (Å²) in [5.74, 6) is -1.02. The number of ether oxygens (including phenoxy) is 1. The van der Waals surface area contributed by atoms with Gasteiger partial charge in [-0.25, -0.2) is 4.39 Å². The van der Waals surface area contributed by atoms with Gasteiger partial charge in [0, 0.05) is 0 Å². The molecule has 1 aliphatic heterocycles. The first kappa shape index (κ1) is 19.1. The third kappa shape index (κ3) is 4.72. The van der Waals surface area contributed by atoms with Crippen molar-refractivity contribution < 1.29 is 23.8 Å². The number of anilines is 1. The molecule has 1 amide bonds. The minimum atomic E-state index is -0.921. The van der Waals surface area contributed by atoms with E-state index in [-0.39, 0.29) is 24.8 Å². The zero-order valence-electron chi connectivity index (χ0n) is 13.9. The van der Waals surface area contributed by atoms with E-state index in [1.54, 1.807) is 30.3 Å². The minimum Gasteiger partial charge on any atom is -0.493 e. The second-order valence-corrected chi connectivity index (χ2v) is 7.23. The monoisotopic (exact) mass is 403 g/mol. The van der Waals surface area contributed by atoms with Gasteiger partial charge in [0.1, 0.15) is 11.6 Å². The maximum Gasteiger partial charge on any atom is 0.306 e. The highest BCUT2D eigenvalue weighted by Gasteiger charge is 2.33. The van der Waals surface area contributed by atoms with Crippen molar-refractivity contribution in [3.05, 3.63) is 64.8 Å². The fraction of sp³-hybridized carbons (Fsp3) is 0.105. The highest BCUT2D eigenvalue weighted by atomic mass is 32.2. The summed E-state index contributed by atoms with van der Waals surface area (Å²) in [6.45, 7) is 0.0883. The van der Waals surface area contributed by atoms with Gasteiger partial charge >= 0.3 is 5.97 Å². The second kappa shape index (κ2) is 8.32. The molecule has 0 spiro atoms. The number of rotatable bonds is 6. The fourth-order valence-electron chi connectivity index (χ4n) is 2.35. The Balaban J connectivity index is 1.71. The van der Waals surface area contributed by atoms with Crippen molar-refractivity contribution in [2.24, 2.45) is 0 Å². The van der Waals surface area contributed by atoms with E-state index in [4.69, 9.17) is 22.1 Å². The largest absolute Gasteiger partial charge is 0.493 e. The van der Waals surface area contributed by atoms with Gasteiger partial charge in [-0.3, -0.25) is 14.5 Å². The van der Waals surface area contributed by atoms with Gasteiger partial charge in [-0.05, 0) is 48.0 Å². The predicted octanol–water partition coefficient (Wildman–Crippen LogP) is 4.09. The first-order valence-corrected chi connectivity index (χ1v) is 9.15. The summed E-state index contributed by atoms with van der Waals surface area (Å²) in [6.07, 6.45) is 1.64. The summed E-state index contributed by atoms with van der Waals surface area (Å²) in [4.78, 5) is 25.0. The number of hydrogen-bond donors (Lipinski definition) is 1. The molecule has 0 bridgehead atoms. The summed E-state index contributed by atoms with van der Waals surface area (Å²) in [6, 6.07) is 12.5. The zero-order valence-corrected chi connectivity index (χ0v) is 15.6. The first-order valence-electron chi connectivity index (χ1n) is 7.92. The molecule has 0 saturated carbocycles. The molecule has 138 valence electrons. The maximum absolute atomic E-state index is 13.1. The molecule has 0 aromatic heterocycles. The van der Waals surface area contributed by atoms with E-state index in [9.17, 15) is 14.0 Å². The lowest BCUT2D eigenvalue weighted by molar-refractivity contribution is -0.137. The van der Waals surface area contributed by atoms with E-state index >= 15 is 0 Å². The van der Waals surface area contributed by atoms with Crippen molar-refractivity contribution in [3.8, 4) is 5.75 Å². The Bertz CT molecular complexity index is 910. The quantitative estimate of drug-likeness (QED) is 0.579. The average Bonchev–Trinajstić information content (AvgIpc) is 2.91. The third-order valence-corrected chi connectivity index (χ3v) is 4.94. The van der Waals surface area contributed by atoms with Gasteiger partial charge in [0.25, 0.3) is 5.91 Å². The number of thiocarbonyl (C=S) groups is 1. The number of carboxylic acid groups (broad SMARTS) is 1. The van der Waals surface area contributed by atoms with Crippen LogP contribution in [-0.4, -0.2) is 27.9 Å². The van der Waals surface area contributed by atoms with Crippen molar-refractivity contribution in [1.82, 2.24) is 0 Å². The van der Waals surface area contributed by atoms with Crippen LogP contribution in [0.3, 0.4) is 0 Å². The number of benzene rings is 2. The molecule has 2 aromatic rings. The number of carbonyl (C=O) groups is 2. The summed E-state index contributed by atoms with van der Waals surface area (Å²) in [7, 11) is 0. The van der Waals surface area contributed by atoms with Gasteiger partial charge in [0.15, 0.2) is 4.32 Å². The average molecular weight is 403 g/mol. The van der Waals surface area contributed by atoms with Gasteiger partial charge in [0.05, 0.1) is 23.6 Å². The molecule has 1 heterocycles. The summed E-state index contributed by atoms with van der Waals surface area (Å²) >= 11 is 6.46. The van der Waals surface area contributed by atoms with Crippen molar-refractivity contribution in [3.63, 3.8) is 0 Å². The topological polar surface area (TPSA) is 66.8 Å². The number of nitrogens with zero attached hydrogens (tertiary/aromatic N) is 1. The lowest BCUT2D eigenvalue weighted by atomic mass is 10.2. The van der Waals surface area contributed by atoms with Gasteiger partial charge < -0.3 is 9.84 Å². The molecule has 0 aliphatic carbocycles. The van der Waals surface area contributed by atoms with Gasteiger partial charge in [0.2, 0.25) is 0 Å². The van der Waals surface area contributed by atoms with Crippen LogP contribution in [0.2, 0.25) is 0 Å². The van der Waals surface area contributed by atoms with Crippen LogP contribution in [0.15, 0.2) is 53.4 Å². The van der Waals surface area contributed by atoms with E-state index in [1.807, 2.05) is 0 Å². The van der Waals surface area contributed by atoms with E-state index in [1.165, 1.54) is 40.9 Å². The molecule has 2 aromatic carbocycles. The smallest absolute Gasteiger partial charge is 0.306 e. The number of carbonyl (C=O) groups excluding carboxylic acids is 1. The molecule has 0 radical (unpaired) electrons. The summed E-state index contributed by atoms with van der Waals surface area (Å²) in [5, 5.41) is 8.60. The predicted molar refractivity (Wildman–Crippen MR) is 106 cm³/mol. The molecular formula is C19H14FNO4S2. The molecular weight excluding hydrogens is 389 g/mol. The van der Waals surface area contributed by atoms with Crippen LogP contribution in [0.1, 0.15) is 12.0 Å². The van der Waals surface area contributed by atoms with E-state index < -0.39 is 5.97 Å². The molecule has 1 N–H and O–H groups in total. The Labute approximate surface area is 164 Å². The van der Waals surface area contributed by atoms with Crippen molar-refractivity contribution >= 4 is 51.9 Å².